The summed E-state index contributed by atoms with van der Waals surface area (Å²) in [7, 11) is 9.87. The molecule has 0 fully saturated rings. The van der Waals surface area contributed by atoms with Gasteiger partial charge in [-0.05, 0) is 19.3 Å². The van der Waals surface area contributed by atoms with Crippen LogP contribution in [0.4, 0.5) is 0 Å². The Morgan fingerprint density at radius 2 is 2.00 bits per heavy atom. The van der Waals surface area contributed by atoms with Crippen LogP contribution in [0.1, 0.15) is 33.6 Å². The molecule has 0 spiro atoms. The molecule has 0 N–H and O–H groups in total. The number of hydrogen-bond donors (Lipinski definition) is 0. The average Bonchev–Trinajstić information content (AvgIpc) is 2.33. The van der Waals surface area contributed by atoms with Crippen molar-refractivity contribution in [2.75, 3.05) is 0 Å². The van der Waals surface area contributed by atoms with Crippen LogP contribution in [0.25, 0.3) is 0 Å². The van der Waals surface area contributed by atoms with Gasteiger partial charge in [0, 0.05) is 0 Å². The maximum absolute atomic E-state index is 4.93. The van der Waals surface area contributed by atoms with Crippen molar-refractivity contribution < 1.29 is 20.8 Å². The first-order chi connectivity index (χ1) is 6.15. The van der Waals surface area contributed by atoms with E-state index in [0.29, 0.717) is 5.92 Å². The first-order valence-corrected chi connectivity index (χ1v) is 10.8. The molecule has 0 aliphatic heterocycles. The Morgan fingerprint density at radius 1 is 1.46 bits per heavy atom. The molecule has 0 bridgehead atoms. The number of allylic oxidation sites excluding steroid dienone is 4. The minimum atomic E-state index is -0.826. The van der Waals surface area contributed by atoms with Crippen molar-refractivity contribution in [2.45, 2.75) is 33.6 Å². The van der Waals surface area contributed by atoms with Gasteiger partial charge in [-0.2, -0.15) is 0 Å². The van der Waals surface area contributed by atoms with Gasteiger partial charge in [-0.25, -0.2) is 0 Å². The summed E-state index contributed by atoms with van der Waals surface area (Å²) < 4.78 is 0. The molecule has 0 aromatic heterocycles. The molecule has 0 nitrogen and oxygen atoms in total. The van der Waals surface area contributed by atoms with Crippen LogP contribution in [-0.4, -0.2) is 0 Å². The minimum absolute atomic E-state index is 0.696. The third kappa shape index (κ3) is 6.10. The fourth-order valence-corrected chi connectivity index (χ4v) is 1.37. The van der Waals surface area contributed by atoms with E-state index in [9.17, 15) is 0 Å². The van der Waals surface area contributed by atoms with Crippen molar-refractivity contribution in [1.82, 2.24) is 0 Å². The summed E-state index contributed by atoms with van der Waals surface area (Å²) in [5.41, 5.74) is 3.05. The summed E-state index contributed by atoms with van der Waals surface area (Å²) in [5, 5.41) is 0. The topological polar surface area (TPSA) is 0 Å². The van der Waals surface area contributed by atoms with Crippen LogP contribution in [0.2, 0.25) is 0 Å². The van der Waals surface area contributed by atoms with Gasteiger partial charge in [0.05, 0.1) is 0 Å². The first kappa shape index (κ1) is 13.9. The molecule has 1 aliphatic carbocycles. The van der Waals surface area contributed by atoms with Crippen LogP contribution in [0.15, 0.2) is 23.3 Å². The molecule has 3 heteroatoms. The van der Waals surface area contributed by atoms with Crippen LogP contribution in [0, 0.1) is 5.92 Å². The van der Waals surface area contributed by atoms with Gasteiger partial charge < -0.3 is 0 Å². The van der Waals surface area contributed by atoms with E-state index in [1.807, 2.05) is 0 Å². The van der Waals surface area contributed by atoms with Crippen LogP contribution in [0.5, 0.6) is 0 Å². The monoisotopic (exact) mass is 296 g/mol. The summed E-state index contributed by atoms with van der Waals surface area (Å²) in [6.45, 7) is 6.70. The number of rotatable bonds is 2. The summed E-state index contributed by atoms with van der Waals surface area (Å²) in [5.74, 6) is 0.696. The number of halogens is 2. The first-order valence-electron chi connectivity index (χ1n) is 4.50. The zero-order valence-corrected chi connectivity index (χ0v) is 12.4. The zero-order chi connectivity index (χ0) is 10.3. The van der Waals surface area contributed by atoms with Crippen molar-refractivity contribution in [3.8, 4) is 0 Å². The van der Waals surface area contributed by atoms with Gasteiger partial charge in [0.1, 0.15) is 0 Å². The standard InChI is InChI=1S/C10H16.2ClH.Zr/c1-4-5-10-6-8(2)9(3)7-10;;;/h6-8H,4-5H2,1-3H3;2*1H;/q;;;+2/p-2. The molecule has 0 radical (unpaired) electrons. The van der Waals surface area contributed by atoms with E-state index in [1.54, 1.807) is 0 Å². The van der Waals surface area contributed by atoms with Gasteiger partial charge in [0.15, 0.2) is 0 Å². The molecule has 0 saturated carbocycles. The Morgan fingerprint density at radius 3 is 2.31 bits per heavy atom. The quantitative estimate of drug-likeness (QED) is 0.694. The van der Waals surface area contributed by atoms with Crippen molar-refractivity contribution in [2.24, 2.45) is 5.92 Å². The van der Waals surface area contributed by atoms with Crippen molar-refractivity contribution in [3.63, 3.8) is 0 Å². The van der Waals surface area contributed by atoms with Gasteiger partial charge in [0.25, 0.3) is 0 Å². The van der Waals surface area contributed by atoms with Crippen LogP contribution in [-0.2, 0) is 20.8 Å². The van der Waals surface area contributed by atoms with Crippen LogP contribution in [0.3, 0.4) is 0 Å². The fraction of sp³-hybridized carbons (Fsp3) is 0.600. The predicted molar refractivity (Wildman–Crippen MR) is 57.6 cm³/mol. The molecule has 1 unspecified atom stereocenters. The maximum atomic E-state index is 4.93. The van der Waals surface area contributed by atoms with Gasteiger partial charge in [-0.15, -0.1) is 0 Å². The van der Waals surface area contributed by atoms with Crippen molar-refractivity contribution in [3.05, 3.63) is 23.3 Å². The Balaban J connectivity index is 0.000000424. The molecule has 13 heavy (non-hydrogen) atoms. The zero-order valence-electron chi connectivity index (χ0n) is 8.40. The SMILES string of the molecule is CCCC1=CC(C)C(C)=C1.[Cl][Zr][Cl]. The Kier molecular flexibility index (Phi) is 8.87. The van der Waals surface area contributed by atoms with Gasteiger partial charge in [0.2, 0.25) is 0 Å². The van der Waals surface area contributed by atoms with Crippen LogP contribution < -0.4 is 0 Å². The Labute approximate surface area is 100 Å². The van der Waals surface area contributed by atoms with Crippen molar-refractivity contribution >= 4 is 17.0 Å². The van der Waals surface area contributed by atoms with Gasteiger partial charge >= 0.3 is 37.9 Å². The fourth-order valence-electron chi connectivity index (χ4n) is 1.37. The Hall–Kier alpha value is 0.943. The summed E-state index contributed by atoms with van der Waals surface area (Å²) in [6.07, 6.45) is 7.22. The van der Waals surface area contributed by atoms with E-state index < -0.39 is 20.8 Å². The summed E-state index contributed by atoms with van der Waals surface area (Å²) in [4.78, 5) is 0. The molecular formula is C10H16Cl2Zr. The van der Waals surface area contributed by atoms with Crippen molar-refractivity contribution in [1.29, 1.82) is 0 Å². The average molecular weight is 298 g/mol. The molecule has 0 saturated heterocycles. The summed E-state index contributed by atoms with van der Waals surface area (Å²) in [6, 6.07) is 0. The molecular weight excluding hydrogens is 282 g/mol. The third-order valence-corrected chi connectivity index (χ3v) is 2.13. The third-order valence-electron chi connectivity index (χ3n) is 2.13. The predicted octanol–water partition coefficient (Wildman–Crippen LogP) is 4.69. The molecule has 0 heterocycles. The molecule has 0 aromatic carbocycles. The summed E-state index contributed by atoms with van der Waals surface area (Å²) >= 11 is -0.826. The van der Waals surface area contributed by atoms with Gasteiger partial charge in [-0.1, -0.05) is 43.6 Å². The second-order valence-corrected chi connectivity index (χ2v) is 6.97. The van der Waals surface area contributed by atoms with E-state index in [4.69, 9.17) is 17.0 Å². The molecule has 1 atom stereocenters. The van der Waals surface area contributed by atoms with E-state index in [1.165, 1.54) is 24.0 Å². The molecule has 0 amide bonds. The van der Waals surface area contributed by atoms with E-state index in [0.717, 1.165) is 0 Å². The second-order valence-electron chi connectivity index (χ2n) is 3.24. The molecule has 74 valence electrons. The Bertz CT molecular complexity index is 197. The van der Waals surface area contributed by atoms with E-state index in [2.05, 4.69) is 32.9 Å². The normalized spacial score (nSPS) is 19.9. The molecule has 1 rings (SSSR count). The molecule has 1 aliphatic rings. The second kappa shape index (κ2) is 8.27. The number of hydrogen-bond acceptors (Lipinski definition) is 0. The van der Waals surface area contributed by atoms with Gasteiger partial charge in [-0.3, -0.25) is 0 Å². The molecule has 0 aromatic rings. The van der Waals surface area contributed by atoms with E-state index >= 15 is 0 Å². The van der Waals surface area contributed by atoms with E-state index in [-0.39, 0.29) is 0 Å². The van der Waals surface area contributed by atoms with Crippen LogP contribution >= 0.6 is 17.0 Å².